The molecule has 0 aromatic carbocycles. The zero-order valence-electron chi connectivity index (χ0n) is 11.3. The number of hydrogen-bond acceptors (Lipinski definition) is 5. The quantitative estimate of drug-likeness (QED) is 0.922. The lowest BCUT2D eigenvalue weighted by molar-refractivity contribution is 0.0990. The molecule has 8 heteroatoms. The molecule has 0 aliphatic carbocycles. The van der Waals surface area contributed by atoms with E-state index in [9.17, 15) is 4.79 Å². The van der Waals surface area contributed by atoms with Crippen LogP contribution in [0.4, 0.5) is 5.69 Å². The standard InChI is InChI=1S/C13H15ClN6O/c14-10-6-16-4-3-11(10)19-5-1-2-9(7-19)20-8-17-13(18-20)12(15)21/h3-4,6,8-9H,1-2,5,7H2,(H2,15,21). The van der Waals surface area contributed by atoms with E-state index in [1.807, 2.05) is 6.07 Å². The molecule has 2 aromatic heterocycles. The molecule has 2 N–H and O–H groups in total. The van der Waals surface area contributed by atoms with Gasteiger partial charge in [0.05, 0.1) is 16.8 Å². The number of piperidine rings is 1. The van der Waals surface area contributed by atoms with Crippen molar-refractivity contribution in [3.05, 3.63) is 35.6 Å². The van der Waals surface area contributed by atoms with E-state index in [1.54, 1.807) is 23.4 Å². The third kappa shape index (κ3) is 2.82. The van der Waals surface area contributed by atoms with Crippen molar-refractivity contribution in [3.63, 3.8) is 0 Å². The fraction of sp³-hybridized carbons (Fsp3) is 0.385. The molecule has 0 saturated carbocycles. The number of halogens is 1. The van der Waals surface area contributed by atoms with Gasteiger partial charge >= 0.3 is 0 Å². The lowest BCUT2D eigenvalue weighted by Gasteiger charge is -2.34. The number of amides is 1. The van der Waals surface area contributed by atoms with E-state index >= 15 is 0 Å². The van der Waals surface area contributed by atoms with E-state index < -0.39 is 5.91 Å². The molecule has 1 fully saturated rings. The normalized spacial score (nSPS) is 18.7. The molecule has 2 aromatic rings. The molecule has 1 amide bonds. The fourth-order valence-corrected chi connectivity index (χ4v) is 2.82. The summed E-state index contributed by atoms with van der Waals surface area (Å²) in [6.07, 6.45) is 6.91. The molecule has 110 valence electrons. The number of carbonyl (C=O) groups is 1. The van der Waals surface area contributed by atoms with Crippen molar-refractivity contribution in [2.45, 2.75) is 18.9 Å². The molecule has 7 nitrogen and oxygen atoms in total. The maximum Gasteiger partial charge on any atom is 0.288 e. The first kappa shape index (κ1) is 13.8. The van der Waals surface area contributed by atoms with Crippen LogP contribution in [0.3, 0.4) is 0 Å². The van der Waals surface area contributed by atoms with E-state index in [-0.39, 0.29) is 11.9 Å². The fourth-order valence-electron chi connectivity index (χ4n) is 2.58. The van der Waals surface area contributed by atoms with Crippen molar-refractivity contribution >= 4 is 23.2 Å². The molecule has 1 saturated heterocycles. The van der Waals surface area contributed by atoms with Gasteiger partial charge in [-0.1, -0.05) is 11.6 Å². The highest BCUT2D eigenvalue weighted by atomic mass is 35.5. The minimum atomic E-state index is -0.612. The Bertz CT molecular complexity index is 658. The molecule has 3 heterocycles. The molecular formula is C13H15ClN6O. The maximum atomic E-state index is 11.1. The topological polar surface area (TPSA) is 89.9 Å². The number of rotatable bonds is 3. The first-order valence-corrected chi connectivity index (χ1v) is 7.08. The molecule has 0 spiro atoms. The lowest BCUT2D eigenvalue weighted by Crippen LogP contribution is -2.37. The van der Waals surface area contributed by atoms with E-state index in [0.717, 1.165) is 31.6 Å². The van der Waals surface area contributed by atoms with E-state index in [1.165, 1.54) is 0 Å². The van der Waals surface area contributed by atoms with Gasteiger partial charge in [0.2, 0.25) is 5.82 Å². The van der Waals surface area contributed by atoms with Crippen LogP contribution in [-0.4, -0.2) is 38.7 Å². The Kier molecular flexibility index (Phi) is 3.74. The predicted octanol–water partition coefficient (Wildman–Crippen LogP) is 1.27. The zero-order chi connectivity index (χ0) is 14.8. The number of nitrogens with zero attached hydrogens (tertiary/aromatic N) is 5. The first-order chi connectivity index (χ1) is 10.1. The van der Waals surface area contributed by atoms with Crippen LogP contribution in [0, 0.1) is 0 Å². The second kappa shape index (κ2) is 5.69. The highest BCUT2D eigenvalue weighted by Gasteiger charge is 2.24. The molecule has 21 heavy (non-hydrogen) atoms. The van der Waals surface area contributed by atoms with Gasteiger partial charge in [0.15, 0.2) is 0 Å². The average Bonchev–Trinajstić information content (AvgIpc) is 2.98. The monoisotopic (exact) mass is 306 g/mol. The highest BCUT2D eigenvalue weighted by molar-refractivity contribution is 6.33. The molecule has 0 bridgehead atoms. The third-order valence-corrected chi connectivity index (χ3v) is 3.88. The summed E-state index contributed by atoms with van der Waals surface area (Å²) in [5, 5.41) is 4.78. The van der Waals surface area contributed by atoms with Gasteiger partial charge in [0.25, 0.3) is 5.91 Å². The summed E-state index contributed by atoms with van der Waals surface area (Å²) in [4.78, 5) is 21.2. The van der Waals surface area contributed by atoms with Gasteiger partial charge in [-0.05, 0) is 18.9 Å². The van der Waals surface area contributed by atoms with Gasteiger partial charge in [-0.3, -0.25) is 9.78 Å². The van der Waals surface area contributed by atoms with Crippen LogP contribution < -0.4 is 10.6 Å². The van der Waals surface area contributed by atoms with Crippen LogP contribution in [0.1, 0.15) is 29.5 Å². The summed E-state index contributed by atoms with van der Waals surface area (Å²) in [5.74, 6) is -0.562. The van der Waals surface area contributed by atoms with Crippen molar-refractivity contribution in [1.82, 2.24) is 19.7 Å². The predicted molar refractivity (Wildman–Crippen MR) is 78.3 cm³/mol. The van der Waals surface area contributed by atoms with Gasteiger partial charge in [-0.25, -0.2) is 9.67 Å². The molecular weight excluding hydrogens is 292 g/mol. The largest absolute Gasteiger partial charge is 0.368 e. The van der Waals surface area contributed by atoms with Crippen molar-refractivity contribution in [2.24, 2.45) is 5.73 Å². The number of pyridine rings is 1. The van der Waals surface area contributed by atoms with Crippen molar-refractivity contribution in [1.29, 1.82) is 0 Å². The minimum absolute atomic E-state index is 0.0501. The first-order valence-electron chi connectivity index (χ1n) is 6.70. The average molecular weight is 307 g/mol. The Labute approximate surface area is 126 Å². The number of anilines is 1. The van der Waals surface area contributed by atoms with E-state index in [4.69, 9.17) is 17.3 Å². The Balaban J connectivity index is 1.79. The van der Waals surface area contributed by atoms with Crippen molar-refractivity contribution in [3.8, 4) is 0 Å². The highest BCUT2D eigenvalue weighted by Crippen LogP contribution is 2.30. The summed E-state index contributed by atoms with van der Waals surface area (Å²) in [6.45, 7) is 1.68. The minimum Gasteiger partial charge on any atom is -0.368 e. The molecule has 3 rings (SSSR count). The van der Waals surface area contributed by atoms with E-state index in [0.29, 0.717) is 5.02 Å². The van der Waals surface area contributed by atoms with Crippen molar-refractivity contribution < 1.29 is 4.79 Å². The summed E-state index contributed by atoms with van der Waals surface area (Å²) in [5.41, 5.74) is 6.15. The van der Waals surface area contributed by atoms with Crippen LogP contribution >= 0.6 is 11.6 Å². The number of hydrogen-bond donors (Lipinski definition) is 1. The molecule has 0 radical (unpaired) electrons. The molecule has 1 aliphatic heterocycles. The molecule has 1 unspecified atom stereocenters. The summed E-state index contributed by atoms with van der Waals surface area (Å²) in [6, 6.07) is 2.05. The molecule has 1 atom stereocenters. The zero-order valence-corrected chi connectivity index (χ0v) is 12.1. The SMILES string of the molecule is NC(=O)c1ncn(C2CCCN(c3ccncc3Cl)C2)n1. The van der Waals surface area contributed by atoms with Gasteiger partial charge < -0.3 is 10.6 Å². The number of primary amides is 1. The Hall–Kier alpha value is -2.15. The lowest BCUT2D eigenvalue weighted by atomic mass is 10.1. The summed E-state index contributed by atoms with van der Waals surface area (Å²) >= 11 is 6.20. The summed E-state index contributed by atoms with van der Waals surface area (Å²) < 4.78 is 1.71. The third-order valence-electron chi connectivity index (χ3n) is 3.59. The van der Waals surface area contributed by atoms with Crippen LogP contribution in [0.15, 0.2) is 24.8 Å². The van der Waals surface area contributed by atoms with Crippen LogP contribution in [0.25, 0.3) is 0 Å². The van der Waals surface area contributed by atoms with Gasteiger partial charge in [0, 0.05) is 25.5 Å². The number of nitrogens with two attached hydrogens (primary N) is 1. The second-order valence-electron chi connectivity index (χ2n) is 4.98. The Morgan fingerprint density at radius 3 is 3.05 bits per heavy atom. The van der Waals surface area contributed by atoms with Crippen LogP contribution in [-0.2, 0) is 0 Å². The van der Waals surface area contributed by atoms with Crippen LogP contribution in [0.2, 0.25) is 5.02 Å². The Morgan fingerprint density at radius 1 is 1.48 bits per heavy atom. The number of carbonyl (C=O) groups excluding carboxylic acids is 1. The van der Waals surface area contributed by atoms with Crippen LogP contribution in [0.5, 0.6) is 0 Å². The van der Waals surface area contributed by atoms with Gasteiger partial charge in [0.1, 0.15) is 6.33 Å². The molecule has 1 aliphatic rings. The van der Waals surface area contributed by atoms with Gasteiger partial charge in [-0.15, -0.1) is 5.10 Å². The van der Waals surface area contributed by atoms with Crippen molar-refractivity contribution in [2.75, 3.05) is 18.0 Å². The second-order valence-corrected chi connectivity index (χ2v) is 5.39. The smallest absolute Gasteiger partial charge is 0.288 e. The number of aromatic nitrogens is 4. The Morgan fingerprint density at radius 2 is 2.33 bits per heavy atom. The summed E-state index contributed by atoms with van der Waals surface area (Å²) in [7, 11) is 0. The van der Waals surface area contributed by atoms with E-state index in [2.05, 4.69) is 20.0 Å². The maximum absolute atomic E-state index is 11.1. The van der Waals surface area contributed by atoms with Gasteiger partial charge in [-0.2, -0.15) is 0 Å².